The Morgan fingerprint density at radius 2 is 1.94 bits per heavy atom. The molecule has 2 aliphatic rings. The number of alkyl halides is 3. The summed E-state index contributed by atoms with van der Waals surface area (Å²) in [6.07, 6.45) is -5.53. The lowest BCUT2D eigenvalue weighted by atomic mass is 10.0. The summed E-state index contributed by atoms with van der Waals surface area (Å²) in [5.74, 6) is -8.58. The summed E-state index contributed by atoms with van der Waals surface area (Å²) >= 11 is 1.97. The van der Waals surface area contributed by atoms with Crippen molar-refractivity contribution in [1.29, 1.82) is 0 Å². The van der Waals surface area contributed by atoms with E-state index in [9.17, 15) is 45.9 Å². The van der Waals surface area contributed by atoms with Gasteiger partial charge in [0.05, 0.1) is 0 Å². The summed E-state index contributed by atoms with van der Waals surface area (Å²) in [6, 6.07) is -1.31. The first-order valence-corrected chi connectivity index (χ1v) is 13.2. The molecule has 0 aliphatic carbocycles. The Bertz CT molecular complexity index is 1200. The lowest BCUT2D eigenvalue weighted by Gasteiger charge is -2.49. The Balaban J connectivity index is 1.65. The van der Waals surface area contributed by atoms with Gasteiger partial charge in [0, 0.05) is 11.5 Å². The van der Waals surface area contributed by atoms with Gasteiger partial charge >= 0.3 is 18.1 Å². The molecule has 1 saturated heterocycles. The van der Waals surface area contributed by atoms with Crippen LogP contribution in [-0.4, -0.2) is 98.1 Å². The SMILES string of the molecule is O=C(O)Cc1nnc(SCC2=C(C(=O)O)N3C(=O)C(NC(=O)CS(=O)(=O)CC(F)(F)F)[C@H]3SC2)o1. The van der Waals surface area contributed by atoms with Crippen molar-refractivity contribution in [2.75, 3.05) is 23.0 Å². The summed E-state index contributed by atoms with van der Waals surface area (Å²) < 4.78 is 65.2. The standard InChI is InChI=1S/C16H15F3N4O9S3/c17-16(18,19)5-35(30,31)4-7(24)20-10-12(27)23-11(14(28)29)6(2-33-13(10)23)3-34-15-22-21-8(32-15)1-9(25)26/h10,13H,1-5H2,(H,20,24)(H,25,26)(H,28,29)/t10?,13-/m1/s1. The molecule has 192 valence electrons. The van der Waals surface area contributed by atoms with Gasteiger partial charge in [-0.25, -0.2) is 13.2 Å². The molecule has 2 amide bonds. The summed E-state index contributed by atoms with van der Waals surface area (Å²) in [7, 11) is -4.81. The number of hydrogen-bond acceptors (Lipinski definition) is 11. The van der Waals surface area contributed by atoms with Crippen LogP contribution in [0.15, 0.2) is 20.9 Å². The Morgan fingerprint density at radius 1 is 1.26 bits per heavy atom. The van der Waals surface area contributed by atoms with Crippen molar-refractivity contribution < 1.29 is 55.4 Å². The lowest BCUT2D eigenvalue weighted by molar-refractivity contribution is -0.150. The molecule has 3 rings (SSSR count). The van der Waals surface area contributed by atoms with Gasteiger partial charge < -0.3 is 19.9 Å². The number of β-lactam (4-membered cyclic amide) rings is 1. The first-order chi connectivity index (χ1) is 16.2. The van der Waals surface area contributed by atoms with Crippen LogP contribution in [0.4, 0.5) is 13.2 Å². The van der Waals surface area contributed by atoms with E-state index < -0.39 is 69.1 Å². The van der Waals surface area contributed by atoms with Crippen LogP contribution in [0.3, 0.4) is 0 Å². The van der Waals surface area contributed by atoms with Crippen molar-refractivity contribution in [3.63, 3.8) is 0 Å². The minimum Gasteiger partial charge on any atom is -0.481 e. The quantitative estimate of drug-likeness (QED) is 0.245. The molecule has 13 nitrogen and oxygen atoms in total. The molecule has 3 N–H and O–H groups in total. The maximum Gasteiger partial charge on any atom is 0.402 e. The molecule has 0 saturated carbocycles. The number of carboxylic acids is 2. The number of thioether (sulfide) groups is 2. The topological polar surface area (TPSA) is 197 Å². The Labute approximate surface area is 202 Å². The smallest absolute Gasteiger partial charge is 0.402 e. The Hall–Kier alpha value is -2.80. The first-order valence-electron chi connectivity index (χ1n) is 9.30. The highest BCUT2D eigenvalue weighted by molar-refractivity contribution is 8.01. The maximum absolute atomic E-state index is 12.5. The third kappa shape index (κ3) is 6.66. The van der Waals surface area contributed by atoms with Crippen LogP contribution in [-0.2, 0) is 35.4 Å². The number of nitrogens with one attached hydrogen (secondary N) is 1. The summed E-state index contributed by atoms with van der Waals surface area (Å²) in [4.78, 5) is 47.9. The van der Waals surface area contributed by atoms with Crippen molar-refractivity contribution in [1.82, 2.24) is 20.4 Å². The van der Waals surface area contributed by atoms with Crippen molar-refractivity contribution in [2.45, 2.75) is 29.2 Å². The third-order valence-electron chi connectivity index (χ3n) is 4.42. The van der Waals surface area contributed by atoms with Gasteiger partial charge in [0.1, 0.15) is 35.0 Å². The fourth-order valence-electron chi connectivity index (χ4n) is 3.16. The minimum absolute atomic E-state index is 0.00739. The molecule has 0 bridgehead atoms. The van der Waals surface area contributed by atoms with E-state index in [0.717, 1.165) is 28.4 Å². The lowest BCUT2D eigenvalue weighted by Crippen LogP contribution is -2.71. The highest BCUT2D eigenvalue weighted by Crippen LogP contribution is 2.41. The van der Waals surface area contributed by atoms with E-state index >= 15 is 0 Å². The van der Waals surface area contributed by atoms with Gasteiger partial charge in [0.2, 0.25) is 11.8 Å². The summed E-state index contributed by atoms with van der Waals surface area (Å²) in [5, 5.41) is 26.7. The maximum atomic E-state index is 12.5. The van der Waals surface area contributed by atoms with Crippen molar-refractivity contribution in [3.8, 4) is 0 Å². The van der Waals surface area contributed by atoms with E-state index in [-0.39, 0.29) is 33.9 Å². The first kappa shape index (κ1) is 26.8. The number of carbonyl (C=O) groups excluding carboxylic acids is 2. The number of hydrogen-bond donors (Lipinski definition) is 3. The predicted octanol–water partition coefficient (Wildman–Crippen LogP) is -0.495. The Kier molecular flexibility index (Phi) is 7.70. The van der Waals surface area contributed by atoms with Gasteiger partial charge in [0.15, 0.2) is 9.84 Å². The molecule has 1 fully saturated rings. The zero-order valence-electron chi connectivity index (χ0n) is 17.1. The van der Waals surface area contributed by atoms with Gasteiger partial charge in [-0.2, -0.15) is 13.2 Å². The average Bonchev–Trinajstić information content (AvgIpc) is 3.13. The number of sulfone groups is 1. The number of carboxylic acid groups (broad SMARTS) is 2. The van der Waals surface area contributed by atoms with E-state index in [0.29, 0.717) is 0 Å². The van der Waals surface area contributed by atoms with Crippen molar-refractivity contribution >= 4 is 57.1 Å². The summed E-state index contributed by atoms with van der Waals surface area (Å²) in [6.45, 7) is 0. The number of fused-ring (bicyclic) bond motifs is 1. The molecule has 0 radical (unpaired) electrons. The zero-order valence-corrected chi connectivity index (χ0v) is 19.6. The fraction of sp³-hybridized carbons (Fsp3) is 0.500. The number of amides is 2. The van der Waals surface area contributed by atoms with Gasteiger partial charge in [-0.05, 0) is 5.57 Å². The van der Waals surface area contributed by atoms with Gasteiger partial charge in [-0.3, -0.25) is 19.3 Å². The number of aromatic nitrogens is 2. The molecule has 0 aromatic carbocycles. The highest BCUT2D eigenvalue weighted by atomic mass is 32.2. The average molecular weight is 561 g/mol. The molecule has 19 heteroatoms. The molecular weight excluding hydrogens is 545 g/mol. The molecule has 0 spiro atoms. The summed E-state index contributed by atoms with van der Waals surface area (Å²) in [5.41, 5.74) is -0.0840. The normalized spacial score (nSPS) is 20.3. The number of aliphatic carboxylic acids is 2. The monoisotopic (exact) mass is 560 g/mol. The van der Waals surface area contributed by atoms with E-state index in [1.807, 2.05) is 0 Å². The van der Waals surface area contributed by atoms with Crippen LogP contribution in [0.2, 0.25) is 0 Å². The molecule has 3 heterocycles. The van der Waals surface area contributed by atoms with Gasteiger partial charge in [-0.1, -0.05) is 11.8 Å². The molecule has 1 unspecified atom stereocenters. The highest BCUT2D eigenvalue weighted by Gasteiger charge is 2.54. The molecular formula is C16H15F3N4O9S3. The molecule has 35 heavy (non-hydrogen) atoms. The largest absolute Gasteiger partial charge is 0.481 e. The van der Waals surface area contributed by atoms with Crippen molar-refractivity contribution in [2.24, 2.45) is 0 Å². The number of nitrogens with zero attached hydrogens (tertiary/aromatic N) is 3. The van der Waals surface area contributed by atoms with Crippen LogP contribution in [0.1, 0.15) is 5.89 Å². The Morgan fingerprint density at radius 3 is 2.54 bits per heavy atom. The fourth-order valence-corrected chi connectivity index (χ4v) is 6.50. The second-order valence-electron chi connectivity index (χ2n) is 7.18. The molecule has 1 aromatic heterocycles. The minimum atomic E-state index is -5.03. The number of rotatable bonds is 10. The van der Waals surface area contributed by atoms with E-state index in [2.05, 4.69) is 15.5 Å². The van der Waals surface area contributed by atoms with E-state index in [4.69, 9.17) is 9.52 Å². The molecule has 2 atom stereocenters. The van der Waals surface area contributed by atoms with Crippen LogP contribution in [0.25, 0.3) is 0 Å². The van der Waals surface area contributed by atoms with Crippen LogP contribution in [0.5, 0.6) is 0 Å². The second kappa shape index (κ2) is 10.1. The third-order valence-corrected chi connectivity index (χ3v) is 8.14. The number of halogens is 3. The van der Waals surface area contributed by atoms with Crippen LogP contribution in [0, 0.1) is 0 Å². The van der Waals surface area contributed by atoms with Crippen LogP contribution < -0.4 is 5.32 Å². The van der Waals surface area contributed by atoms with Crippen molar-refractivity contribution in [3.05, 3.63) is 17.2 Å². The zero-order chi connectivity index (χ0) is 26.1. The van der Waals surface area contributed by atoms with Gasteiger partial charge in [-0.15, -0.1) is 22.0 Å². The second-order valence-corrected chi connectivity index (χ2v) is 11.3. The molecule has 2 aliphatic heterocycles. The molecule has 1 aromatic rings. The predicted molar refractivity (Wildman–Crippen MR) is 111 cm³/mol. The van der Waals surface area contributed by atoms with E-state index in [1.54, 1.807) is 0 Å². The van der Waals surface area contributed by atoms with Gasteiger partial charge in [0.25, 0.3) is 11.1 Å². The van der Waals surface area contributed by atoms with E-state index in [1.165, 1.54) is 0 Å². The van der Waals surface area contributed by atoms with Crippen LogP contribution >= 0.6 is 23.5 Å². The number of carbonyl (C=O) groups is 4.